The van der Waals surface area contributed by atoms with Gasteiger partial charge in [-0.25, -0.2) is 5.06 Å². The van der Waals surface area contributed by atoms with E-state index in [1.54, 1.807) is 12.0 Å². The first-order chi connectivity index (χ1) is 12.1. The van der Waals surface area contributed by atoms with Crippen molar-refractivity contribution in [3.63, 3.8) is 0 Å². The van der Waals surface area contributed by atoms with Gasteiger partial charge in [0.2, 0.25) is 5.91 Å². The summed E-state index contributed by atoms with van der Waals surface area (Å²) < 4.78 is 0.922. The third kappa shape index (κ3) is 2.56. The highest BCUT2D eigenvalue weighted by Crippen LogP contribution is 2.46. The standard InChI is InChI=1S/C19H17BrN2O3/c1-2-21-18(23)15-16(12-7-6-8-13(20)11-12)22(25-17(15)19(21)24)14-9-4-3-5-10-14/h3-11,15-17H,2H2,1H3/t15-,16+,17-/m1/s1. The fourth-order valence-electron chi connectivity index (χ4n) is 3.61. The summed E-state index contributed by atoms with van der Waals surface area (Å²) in [6.07, 6.45) is -0.767. The molecule has 2 aromatic rings. The van der Waals surface area contributed by atoms with Crippen molar-refractivity contribution in [3.8, 4) is 0 Å². The van der Waals surface area contributed by atoms with E-state index in [9.17, 15) is 9.59 Å². The Morgan fingerprint density at radius 1 is 1.04 bits per heavy atom. The summed E-state index contributed by atoms with van der Waals surface area (Å²) in [5, 5.41) is 1.71. The lowest BCUT2D eigenvalue weighted by Gasteiger charge is -2.28. The molecular formula is C19H17BrN2O3. The molecule has 0 radical (unpaired) electrons. The van der Waals surface area contributed by atoms with Gasteiger partial charge in [-0.05, 0) is 36.8 Å². The number of amides is 2. The number of fused-ring (bicyclic) bond motifs is 1. The number of carbonyl (C=O) groups excluding carboxylic acids is 2. The van der Waals surface area contributed by atoms with Crippen LogP contribution in [0.15, 0.2) is 59.1 Å². The summed E-state index contributed by atoms with van der Waals surface area (Å²) >= 11 is 3.49. The molecule has 25 heavy (non-hydrogen) atoms. The fourth-order valence-corrected chi connectivity index (χ4v) is 4.03. The summed E-state index contributed by atoms with van der Waals surface area (Å²) in [4.78, 5) is 32.7. The number of hydrogen-bond acceptors (Lipinski definition) is 4. The van der Waals surface area contributed by atoms with Gasteiger partial charge in [0.1, 0.15) is 5.92 Å². The highest BCUT2D eigenvalue weighted by Gasteiger charge is 2.59. The molecule has 2 heterocycles. The zero-order valence-electron chi connectivity index (χ0n) is 13.6. The summed E-state index contributed by atoms with van der Waals surface area (Å²) in [5.41, 5.74) is 1.76. The molecule has 3 atom stereocenters. The Hall–Kier alpha value is -2.18. The second kappa shape index (κ2) is 6.28. The molecule has 0 bridgehead atoms. The largest absolute Gasteiger partial charge is 0.280 e. The smallest absolute Gasteiger partial charge is 0.261 e. The third-order valence-corrected chi connectivity index (χ3v) is 5.22. The van der Waals surface area contributed by atoms with E-state index in [1.165, 1.54) is 4.90 Å². The zero-order chi connectivity index (χ0) is 17.6. The van der Waals surface area contributed by atoms with Crippen LogP contribution >= 0.6 is 15.9 Å². The Bertz CT molecular complexity index is 826. The Labute approximate surface area is 154 Å². The SMILES string of the molecule is CCN1C(=O)[C@H]2[C@@H](ON(c3ccccc3)[C@H]2c2cccc(Br)c2)C1=O. The number of rotatable bonds is 3. The van der Waals surface area contributed by atoms with Gasteiger partial charge < -0.3 is 0 Å². The molecule has 2 aliphatic rings. The van der Waals surface area contributed by atoms with E-state index >= 15 is 0 Å². The molecule has 2 fully saturated rings. The number of likely N-dealkylation sites (N-methyl/N-ethyl adjacent to an activating group) is 1. The maximum Gasteiger partial charge on any atom is 0.261 e. The molecule has 4 rings (SSSR count). The molecule has 5 nitrogen and oxygen atoms in total. The molecule has 0 spiro atoms. The van der Waals surface area contributed by atoms with Crippen LogP contribution < -0.4 is 5.06 Å². The summed E-state index contributed by atoms with van der Waals surface area (Å²) in [5.74, 6) is -0.959. The van der Waals surface area contributed by atoms with E-state index in [-0.39, 0.29) is 17.9 Å². The molecule has 0 unspecified atom stereocenters. The molecule has 128 valence electrons. The molecule has 2 amide bonds. The van der Waals surface area contributed by atoms with Crippen LogP contribution in [0, 0.1) is 5.92 Å². The van der Waals surface area contributed by atoms with Crippen LogP contribution in [0.4, 0.5) is 5.69 Å². The minimum Gasteiger partial charge on any atom is -0.280 e. The first kappa shape index (κ1) is 16.3. The Morgan fingerprint density at radius 2 is 1.80 bits per heavy atom. The van der Waals surface area contributed by atoms with Crippen LogP contribution in [0.2, 0.25) is 0 Å². The number of benzene rings is 2. The average Bonchev–Trinajstić information content (AvgIpc) is 3.12. The molecule has 0 N–H and O–H groups in total. The van der Waals surface area contributed by atoms with E-state index < -0.39 is 12.0 Å². The Kier molecular flexibility index (Phi) is 4.09. The lowest BCUT2D eigenvalue weighted by molar-refractivity contribution is -0.142. The highest BCUT2D eigenvalue weighted by atomic mass is 79.9. The Morgan fingerprint density at radius 3 is 2.48 bits per heavy atom. The monoisotopic (exact) mass is 400 g/mol. The van der Waals surface area contributed by atoms with Crippen molar-refractivity contribution in [3.05, 3.63) is 64.6 Å². The van der Waals surface area contributed by atoms with Gasteiger partial charge in [-0.3, -0.25) is 19.3 Å². The van der Waals surface area contributed by atoms with Crippen LogP contribution in [-0.2, 0) is 14.4 Å². The maximum atomic E-state index is 12.9. The van der Waals surface area contributed by atoms with E-state index in [2.05, 4.69) is 15.9 Å². The number of anilines is 1. The number of carbonyl (C=O) groups is 2. The summed E-state index contributed by atoms with van der Waals surface area (Å²) in [7, 11) is 0. The summed E-state index contributed by atoms with van der Waals surface area (Å²) in [6.45, 7) is 2.17. The lowest BCUT2D eigenvalue weighted by Crippen LogP contribution is -2.37. The molecular weight excluding hydrogens is 384 g/mol. The number of hydroxylamine groups is 1. The van der Waals surface area contributed by atoms with E-state index in [0.29, 0.717) is 6.54 Å². The quantitative estimate of drug-likeness (QED) is 0.741. The normalized spacial score (nSPS) is 25.6. The van der Waals surface area contributed by atoms with Crippen LogP contribution in [0.1, 0.15) is 18.5 Å². The first-order valence-corrected chi connectivity index (χ1v) is 9.03. The van der Waals surface area contributed by atoms with Gasteiger partial charge in [-0.2, -0.15) is 0 Å². The minimum absolute atomic E-state index is 0.166. The molecule has 2 aliphatic heterocycles. The van der Waals surface area contributed by atoms with Crippen LogP contribution in [0.25, 0.3) is 0 Å². The van der Waals surface area contributed by atoms with Gasteiger partial charge in [-0.15, -0.1) is 0 Å². The number of nitrogens with zero attached hydrogens (tertiary/aromatic N) is 2. The van der Waals surface area contributed by atoms with Gasteiger partial charge in [0.25, 0.3) is 5.91 Å². The fraction of sp³-hybridized carbons (Fsp3) is 0.263. The Balaban J connectivity index is 1.82. The predicted octanol–water partition coefficient (Wildman–Crippen LogP) is 3.32. The number of hydrogen-bond donors (Lipinski definition) is 0. The van der Waals surface area contributed by atoms with E-state index in [1.807, 2.05) is 54.6 Å². The summed E-state index contributed by atoms with van der Waals surface area (Å²) in [6, 6.07) is 17.0. The van der Waals surface area contributed by atoms with Gasteiger partial charge in [0, 0.05) is 11.0 Å². The number of halogens is 1. The molecule has 2 aromatic carbocycles. The predicted molar refractivity (Wildman–Crippen MR) is 96.6 cm³/mol. The van der Waals surface area contributed by atoms with Gasteiger partial charge in [-0.1, -0.05) is 46.3 Å². The number of likely N-dealkylation sites (tertiary alicyclic amines) is 1. The van der Waals surface area contributed by atoms with Gasteiger partial charge in [0.15, 0.2) is 6.10 Å². The zero-order valence-corrected chi connectivity index (χ0v) is 15.2. The van der Waals surface area contributed by atoms with Crippen molar-refractivity contribution >= 4 is 33.4 Å². The van der Waals surface area contributed by atoms with Crippen molar-refractivity contribution in [1.29, 1.82) is 0 Å². The average molecular weight is 401 g/mol. The van der Waals surface area contributed by atoms with Crippen molar-refractivity contribution in [2.75, 3.05) is 11.6 Å². The van der Waals surface area contributed by atoms with Crippen LogP contribution in [-0.4, -0.2) is 29.4 Å². The number of imide groups is 1. The maximum absolute atomic E-state index is 12.9. The first-order valence-electron chi connectivity index (χ1n) is 8.23. The van der Waals surface area contributed by atoms with Crippen molar-refractivity contribution in [2.24, 2.45) is 5.92 Å². The van der Waals surface area contributed by atoms with E-state index in [4.69, 9.17) is 4.84 Å². The van der Waals surface area contributed by atoms with E-state index in [0.717, 1.165) is 15.7 Å². The molecule has 6 heteroatoms. The van der Waals surface area contributed by atoms with Crippen molar-refractivity contribution < 1.29 is 14.4 Å². The molecule has 0 aliphatic carbocycles. The second-order valence-electron chi connectivity index (χ2n) is 6.13. The molecule has 0 saturated carbocycles. The second-order valence-corrected chi connectivity index (χ2v) is 7.05. The molecule has 2 saturated heterocycles. The highest BCUT2D eigenvalue weighted by molar-refractivity contribution is 9.10. The molecule has 0 aromatic heterocycles. The third-order valence-electron chi connectivity index (χ3n) is 4.72. The topological polar surface area (TPSA) is 49.9 Å². The van der Waals surface area contributed by atoms with Crippen molar-refractivity contribution in [1.82, 2.24) is 4.90 Å². The number of para-hydroxylation sites is 1. The lowest BCUT2D eigenvalue weighted by atomic mass is 9.90. The minimum atomic E-state index is -0.767. The van der Waals surface area contributed by atoms with Crippen LogP contribution in [0.3, 0.4) is 0 Å². The van der Waals surface area contributed by atoms with Crippen LogP contribution in [0.5, 0.6) is 0 Å². The van der Waals surface area contributed by atoms with Gasteiger partial charge in [0.05, 0.1) is 11.7 Å². The van der Waals surface area contributed by atoms with Crippen molar-refractivity contribution in [2.45, 2.75) is 19.1 Å². The van der Waals surface area contributed by atoms with Gasteiger partial charge >= 0.3 is 0 Å².